The maximum absolute atomic E-state index is 11.8. The third-order valence-electron chi connectivity index (χ3n) is 2.55. The molecule has 0 unspecified atom stereocenters. The number of carboxylic acid groups (broad SMARTS) is 2. The molecule has 0 radical (unpaired) electrons. The van der Waals surface area contributed by atoms with E-state index in [0.29, 0.717) is 12.0 Å². The van der Waals surface area contributed by atoms with Crippen molar-refractivity contribution in [2.24, 2.45) is 0 Å². The lowest BCUT2D eigenvalue weighted by Crippen LogP contribution is -2.14. The Balaban J connectivity index is 3.12. The number of allylic oxidation sites excluding steroid dienone is 1. The van der Waals surface area contributed by atoms with Crippen LogP contribution in [0.25, 0.3) is 0 Å². The second kappa shape index (κ2) is 6.51. The molecule has 0 aliphatic rings. The van der Waals surface area contributed by atoms with Gasteiger partial charge < -0.3 is 15.5 Å². The molecular formula is C14H15NO5. The second-order valence-corrected chi connectivity index (χ2v) is 4.16. The van der Waals surface area contributed by atoms with Gasteiger partial charge in [-0.25, -0.2) is 9.59 Å². The molecule has 0 saturated heterocycles. The van der Waals surface area contributed by atoms with Crippen LogP contribution in [0.4, 0.5) is 5.69 Å². The molecule has 0 aliphatic heterocycles. The van der Waals surface area contributed by atoms with Gasteiger partial charge in [0, 0.05) is 11.3 Å². The highest BCUT2D eigenvalue weighted by atomic mass is 16.4. The average molecular weight is 277 g/mol. The smallest absolute Gasteiger partial charge is 0.335 e. The molecule has 0 bridgehead atoms. The highest BCUT2D eigenvalue weighted by Gasteiger charge is 2.13. The Labute approximate surface area is 115 Å². The topological polar surface area (TPSA) is 104 Å². The summed E-state index contributed by atoms with van der Waals surface area (Å²) in [4.78, 5) is 33.7. The number of carbonyl (C=O) groups is 3. The van der Waals surface area contributed by atoms with Crippen molar-refractivity contribution in [3.63, 3.8) is 0 Å². The number of aromatic carboxylic acids is 2. The van der Waals surface area contributed by atoms with Gasteiger partial charge in [-0.05, 0) is 31.5 Å². The Bertz CT molecular complexity index is 557. The molecule has 0 aromatic heterocycles. The number of nitrogens with one attached hydrogen (secondary N) is 1. The van der Waals surface area contributed by atoms with Crippen molar-refractivity contribution < 1.29 is 24.6 Å². The molecule has 106 valence electrons. The number of anilines is 1. The van der Waals surface area contributed by atoms with E-state index in [9.17, 15) is 14.4 Å². The monoisotopic (exact) mass is 277 g/mol. The molecule has 1 amide bonds. The second-order valence-electron chi connectivity index (χ2n) is 4.16. The summed E-state index contributed by atoms with van der Waals surface area (Å²) in [6, 6.07) is 3.47. The van der Waals surface area contributed by atoms with E-state index in [1.165, 1.54) is 12.1 Å². The van der Waals surface area contributed by atoms with Crippen LogP contribution in [0.3, 0.4) is 0 Å². The molecule has 1 aromatic rings. The van der Waals surface area contributed by atoms with Crippen LogP contribution < -0.4 is 5.32 Å². The van der Waals surface area contributed by atoms with Gasteiger partial charge in [0.25, 0.3) is 5.91 Å². The summed E-state index contributed by atoms with van der Waals surface area (Å²) in [5.74, 6) is -2.92. The SMILES string of the molecule is CC/C=C(\C)C(=O)Nc1cc(C(=O)O)cc(C(=O)O)c1. The largest absolute Gasteiger partial charge is 0.478 e. The first kappa shape index (κ1) is 15.4. The fraction of sp³-hybridized carbons (Fsp3) is 0.214. The van der Waals surface area contributed by atoms with Crippen molar-refractivity contribution in [1.82, 2.24) is 0 Å². The number of benzene rings is 1. The standard InChI is InChI=1S/C14H15NO5/c1-3-4-8(2)12(16)15-11-6-9(13(17)18)5-10(7-11)14(19)20/h4-7H,3H2,1-2H3,(H,15,16)(H,17,18)(H,19,20)/b8-4+. The van der Waals surface area contributed by atoms with Crippen molar-refractivity contribution in [3.05, 3.63) is 41.0 Å². The van der Waals surface area contributed by atoms with Gasteiger partial charge in [-0.15, -0.1) is 0 Å². The Kier molecular flexibility index (Phi) is 5.02. The number of amides is 1. The quantitative estimate of drug-likeness (QED) is 0.717. The van der Waals surface area contributed by atoms with Crippen molar-refractivity contribution in [3.8, 4) is 0 Å². The first-order chi connectivity index (χ1) is 9.35. The molecule has 1 aromatic carbocycles. The van der Waals surface area contributed by atoms with E-state index >= 15 is 0 Å². The molecule has 0 aliphatic carbocycles. The van der Waals surface area contributed by atoms with Gasteiger partial charge in [0.2, 0.25) is 0 Å². The van der Waals surface area contributed by atoms with E-state index in [1.807, 2.05) is 6.92 Å². The number of hydrogen-bond acceptors (Lipinski definition) is 3. The van der Waals surface area contributed by atoms with Gasteiger partial charge in [-0.2, -0.15) is 0 Å². The van der Waals surface area contributed by atoms with Gasteiger partial charge in [-0.3, -0.25) is 4.79 Å². The molecule has 0 spiro atoms. The zero-order valence-electron chi connectivity index (χ0n) is 11.1. The predicted molar refractivity (Wildman–Crippen MR) is 73.0 cm³/mol. The summed E-state index contributed by atoms with van der Waals surface area (Å²) in [5, 5.41) is 20.3. The summed E-state index contributed by atoms with van der Waals surface area (Å²) in [6.07, 6.45) is 2.41. The van der Waals surface area contributed by atoms with Crippen LogP contribution in [-0.4, -0.2) is 28.1 Å². The molecule has 0 atom stereocenters. The van der Waals surface area contributed by atoms with Crippen molar-refractivity contribution in [2.45, 2.75) is 20.3 Å². The molecule has 3 N–H and O–H groups in total. The number of hydrogen-bond donors (Lipinski definition) is 3. The maximum atomic E-state index is 11.8. The third kappa shape index (κ3) is 3.94. The molecule has 0 fully saturated rings. The Morgan fingerprint density at radius 1 is 1.10 bits per heavy atom. The summed E-state index contributed by atoms with van der Waals surface area (Å²) in [6.45, 7) is 3.50. The zero-order valence-corrected chi connectivity index (χ0v) is 11.1. The lowest BCUT2D eigenvalue weighted by Gasteiger charge is -2.08. The minimum atomic E-state index is -1.26. The summed E-state index contributed by atoms with van der Waals surface area (Å²) in [5.41, 5.74) is 0.218. The Morgan fingerprint density at radius 2 is 1.60 bits per heavy atom. The summed E-state index contributed by atoms with van der Waals surface area (Å²) < 4.78 is 0. The van der Waals surface area contributed by atoms with Gasteiger partial charge >= 0.3 is 11.9 Å². The van der Waals surface area contributed by atoms with E-state index in [4.69, 9.17) is 10.2 Å². The van der Waals surface area contributed by atoms with Crippen LogP contribution in [0.2, 0.25) is 0 Å². The minimum absolute atomic E-state index is 0.135. The molecule has 0 heterocycles. The third-order valence-corrected chi connectivity index (χ3v) is 2.55. The molecule has 6 heteroatoms. The molecular weight excluding hydrogens is 262 g/mol. The van der Waals surface area contributed by atoms with Crippen molar-refractivity contribution >= 4 is 23.5 Å². The summed E-state index contributed by atoms with van der Waals surface area (Å²) in [7, 11) is 0. The van der Waals surface area contributed by atoms with Gasteiger partial charge in [0.15, 0.2) is 0 Å². The number of rotatable bonds is 5. The number of carboxylic acids is 2. The van der Waals surface area contributed by atoms with E-state index in [2.05, 4.69) is 5.32 Å². The highest BCUT2D eigenvalue weighted by Crippen LogP contribution is 2.16. The van der Waals surface area contributed by atoms with E-state index in [1.54, 1.807) is 13.0 Å². The van der Waals surface area contributed by atoms with E-state index in [-0.39, 0.29) is 16.8 Å². The Morgan fingerprint density at radius 3 is 2.00 bits per heavy atom. The molecule has 6 nitrogen and oxygen atoms in total. The van der Waals surface area contributed by atoms with Crippen LogP contribution in [0.1, 0.15) is 41.0 Å². The van der Waals surface area contributed by atoms with E-state index in [0.717, 1.165) is 6.07 Å². The van der Waals surface area contributed by atoms with Crippen LogP contribution >= 0.6 is 0 Å². The van der Waals surface area contributed by atoms with Crippen LogP contribution in [0, 0.1) is 0 Å². The van der Waals surface area contributed by atoms with E-state index < -0.39 is 17.8 Å². The minimum Gasteiger partial charge on any atom is -0.478 e. The average Bonchev–Trinajstić information content (AvgIpc) is 2.38. The lowest BCUT2D eigenvalue weighted by atomic mass is 10.1. The van der Waals surface area contributed by atoms with Crippen molar-refractivity contribution in [1.29, 1.82) is 0 Å². The molecule has 20 heavy (non-hydrogen) atoms. The first-order valence-electron chi connectivity index (χ1n) is 5.95. The van der Waals surface area contributed by atoms with Gasteiger partial charge in [0.1, 0.15) is 0 Å². The Hall–Kier alpha value is -2.63. The lowest BCUT2D eigenvalue weighted by molar-refractivity contribution is -0.112. The fourth-order valence-corrected chi connectivity index (χ4v) is 1.58. The number of carbonyl (C=O) groups excluding carboxylic acids is 1. The zero-order chi connectivity index (χ0) is 15.3. The normalized spacial score (nSPS) is 11.0. The summed E-state index contributed by atoms with van der Waals surface area (Å²) >= 11 is 0. The van der Waals surface area contributed by atoms with Crippen LogP contribution in [0.15, 0.2) is 29.8 Å². The molecule has 0 saturated carbocycles. The van der Waals surface area contributed by atoms with Crippen LogP contribution in [-0.2, 0) is 4.79 Å². The fourth-order valence-electron chi connectivity index (χ4n) is 1.58. The first-order valence-corrected chi connectivity index (χ1v) is 5.95. The molecule has 1 rings (SSSR count). The highest BCUT2D eigenvalue weighted by molar-refractivity contribution is 6.05. The predicted octanol–water partition coefficient (Wildman–Crippen LogP) is 2.38. The van der Waals surface area contributed by atoms with Crippen LogP contribution in [0.5, 0.6) is 0 Å². The van der Waals surface area contributed by atoms with Gasteiger partial charge in [-0.1, -0.05) is 13.0 Å². The maximum Gasteiger partial charge on any atom is 0.335 e. The van der Waals surface area contributed by atoms with Gasteiger partial charge in [0.05, 0.1) is 11.1 Å². The van der Waals surface area contributed by atoms with Crippen molar-refractivity contribution in [2.75, 3.05) is 5.32 Å².